The highest BCUT2D eigenvalue weighted by Crippen LogP contribution is 2.14. The van der Waals surface area contributed by atoms with Crippen molar-refractivity contribution < 1.29 is 23.2 Å². The Labute approximate surface area is 117 Å². The second-order valence-electron chi connectivity index (χ2n) is 6.83. The van der Waals surface area contributed by atoms with Gasteiger partial charge in [0.2, 0.25) is 0 Å². The van der Waals surface area contributed by atoms with Crippen molar-refractivity contribution in [2.45, 2.75) is 19.4 Å². The highest BCUT2D eigenvalue weighted by atomic mass is 16.5. The van der Waals surface area contributed by atoms with Crippen LogP contribution in [0.4, 0.5) is 0 Å². The van der Waals surface area contributed by atoms with Gasteiger partial charge in [-0.15, -0.1) is 0 Å². The number of carbonyl (C=O) groups excluding carboxylic acids is 1. The molecule has 0 aromatic heterocycles. The van der Waals surface area contributed by atoms with E-state index in [1.807, 2.05) is 0 Å². The maximum absolute atomic E-state index is 11.7. The minimum Gasteiger partial charge on any atom is -0.459 e. The molecule has 0 aromatic rings. The number of hydrogen-bond donors (Lipinski definition) is 0. The highest BCUT2D eigenvalue weighted by Gasteiger charge is 2.32. The van der Waals surface area contributed by atoms with E-state index in [1.165, 1.54) is 0 Å². The van der Waals surface area contributed by atoms with E-state index >= 15 is 0 Å². The lowest BCUT2D eigenvalue weighted by Gasteiger charge is -2.42. The second-order valence-corrected chi connectivity index (χ2v) is 6.83. The van der Waals surface area contributed by atoms with E-state index in [0.717, 1.165) is 41.8 Å². The van der Waals surface area contributed by atoms with E-state index in [9.17, 15) is 4.79 Å². The predicted octanol–water partition coefficient (Wildman–Crippen LogP) is 0.491. The summed E-state index contributed by atoms with van der Waals surface area (Å²) in [5.41, 5.74) is 0. The van der Waals surface area contributed by atoms with Gasteiger partial charge in [0.15, 0.2) is 0 Å². The summed E-state index contributed by atoms with van der Waals surface area (Å²) in [5, 5.41) is 0. The van der Waals surface area contributed by atoms with Gasteiger partial charge in [0.05, 0.1) is 54.4 Å². The molecule has 1 fully saturated rings. The number of morpholine rings is 1. The molecule has 0 aliphatic carbocycles. The summed E-state index contributed by atoms with van der Waals surface area (Å²) in [6.45, 7) is 7.07. The zero-order valence-corrected chi connectivity index (χ0v) is 13.1. The Morgan fingerprint density at radius 3 is 2.42 bits per heavy atom. The average molecular weight is 274 g/mol. The number of rotatable bonds is 6. The van der Waals surface area contributed by atoms with Gasteiger partial charge in [-0.05, 0) is 6.92 Å². The van der Waals surface area contributed by atoms with Crippen LogP contribution in [-0.4, -0.2) is 88.6 Å². The molecule has 1 rings (SSSR count). The molecule has 1 heterocycles. The summed E-state index contributed by atoms with van der Waals surface area (Å²) in [5.74, 6) is -0.0836. The molecule has 0 radical (unpaired) electrons. The van der Waals surface area contributed by atoms with Gasteiger partial charge in [-0.2, -0.15) is 0 Å². The van der Waals surface area contributed by atoms with E-state index in [-0.39, 0.29) is 5.97 Å². The summed E-state index contributed by atoms with van der Waals surface area (Å²) in [6, 6.07) is 0.331. The first kappa shape index (κ1) is 16.4. The van der Waals surface area contributed by atoms with Crippen molar-refractivity contribution >= 4 is 5.97 Å². The van der Waals surface area contributed by atoms with E-state index in [4.69, 9.17) is 9.47 Å². The first-order valence-corrected chi connectivity index (χ1v) is 7.11. The lowest BCUT2D eigenvalue weighted by Crippen LogP contribution is -2.58. The molecule has 0 amide bonds. The molecule has 5 nitrogen and oxygen atoms in total. The fourth-order valence-corrected chi connectivity index (χ4v) is 2.09. The van der Waals surface area contributed by atoms with Gasteiger partial charge in [0.1, 0.15) is 25.7 Å². The fourth-order valence-electron chi connectivity index (χ4n) is 2.09. The first-order valence-electron chi connectivity index (χ1n) is 7.11. The molecule has 1 unspecified atom stereocenters. The Hall–Kier alpha value is -0.650. The van der Waals surface area contributed by atoms with Crippen molar-refractivity contribution in [1.29, 1.82) is 0 Å². The zero-order chi connectivity index (χ0) is 14.5. The van der Waals surface area contributed by atoms with Gasteiger partial charge in [-0.25, -0.2) is 0 Å². The first-order chi connectivity index (χ1) is 8.73. The normalized spacial score (nSPS) is 20.9. The summed E-state index contributed by atoms with van der Waals surface area (Å²) in [7, 11) is 8.45. The molecular formula is C14H30N2O3+2. The van der Waals surface area contributed by atoms with E-state index in [0.29, 0.717) is 19.1 Å². The predicted molar refractivity (Wildman–Crippen MR) is 74.7 cm³/mol. The maximum atomic E-state index is 11.7. The van der Waals surface area contributed by atoms with E-state index in [2.05, 4.69) is 35.1 Å². The van der Waals surface area contributed by atoms with Crippen LogP contribution >= 0.6 is 0 Å². The quantitative estimate of drug-likeness (QED) is 0.522. The minimum atomic E-state index is -0.0836. The van der Waals surface area contributed by atoms with Crippen molar-refractivity contribution in [3.63, 3.8) is 0 Å². The van der Waals surface area contributed by atoms with Crippen LogP contribution in [0, 0.1) is 0 Å². The van der Waals surface area contributed by atoms with Crippen LogP contribution in [0.15, 0.2) is 0 Å². The molecule has 1 saturated heterocycles. The molecule has 0 N–H and O–H groups in total. The molecule has 1 aliphatic rings. The topological polar surface area (TPSA) is 35.5 Å². The summed E-state index contributed by atoms with van der Waals surface area (Å²) in [6.07, 6.45) is 0.489. The second kappa shape index (κ2) is 6.68. The van der Waals surface area contributed by atoms with Crippen molar-refractivity contribution in [2.24, 2.45) is 0 Å². The third-order valence-electron chi connectivity index (χ3n) is 4.03. The molecular weight excluding hydrogens is 244 g/mol. The molecule has 5 heteroatoms. The highest BCUT2D eigenvalue weighted by molar-refractivity contribution is 5.69. The van der Waals surface area contributed by atoms with Crippen molar-refractivity contribution in [3.8, 4) is 0 Å². The summed E-state index contributed by atoms with van der Waals surface area (Å²) >= 11 is 0. The minimum absolute atomic E-state index is 0.0836. The van der Waals surface area contributed by atoms with Gasteiger partial charge in [-0.1, -0.05) is 0 Å². The van der Waals surface area contributed by atoms with Crippen molar-refractivity contribution in [1.82, 2.24) is 0 Å². The van der Waals surface area contributed by atoms with Crippen LogP contribution in [0.1, 0.15) is 13.3 Å². The monoisotopic (exact) mass is 274 g/mol. The molecule has 112 valence electrons. The average Bonchev–Trinajstić information content (AvgIpc) is 2.33. The van der Waals surface area contributed by atoms with Gasteiger partial charge in [-0.3, -0.25) is 4.79 Å². The number of ether oxygens (including phenoxy) is 2. The van der Waals surface area contributed by atoms with Crippen LogP contribution in [0.3, 0.4) is 0 Å². The van der Waals surface area contributed by atoms with E-state index < -0.39 is 0 Å². The summed E-state index contributed by atoms with van der Waals surface area (Å²) in [4.78, 5) is 11.7. The largest absolute Gasteiger partial charge is 0.459 e. The number of quaternary nitrogens is 2. The lowest BCUT2D eigenvalue weighted by atomic mass is 10.2. The Kier molecular flexibility index (Phi) is 5.77. The van der Waals surface area contributed by atoms with Crippen LogP contribution in [-0.2, 0) is 14.3 Å². The number of esters is 1. The van der Waals surface area contributed by atoms with E-state index in [1.54, 1.807) is 0 Å². The SMILES string of the molecule is CC(COC(=O)CC[N+](C)(C)C)[N+]1(C)CCOCC1. The Morgan fingerprint density at radius 2 is 1.89 bits per heavy atom. The van der Waals surface area contributed by atoms with Gasteiger partial charge in [0, 0.05) is 0 Å². The van der Waals surface area contributed by atoms with Crippen molar-refractivity contribution in [3.05, 3.63) is 0 Å². The molecule has 0 aromatic carbocycles. The Bertz CT molecular complexity index is 294. The number of likely N-dealkylation sites (N-methyl/N-ethyl adjacent to an activating group) is 1. The standard InChI is InChI=1S/C14H30N2O3/c1-13(16(5)8-10-18-11-9-16)12-19-14(17)6-7-15(2,3)4/h13H,6-12H2,1-5H3/q+2. The molecule has 19 heavy (non-hydrogen) atoms. The Balaban J connectivity index is 2.29. The number of nitrogens with zero attached hydrogens (tertiary/aromatic N) is 2. The van der Waals surface area contributed by atoms with Crippen LogP contribution in [0.25, 0.3) is 0 Å². The third kappa shape index (κ3) is 5.89. The number of carbonyl (C=O) groups is 1. The molecule has 0 spiro atoms. The number of hydrogen-bond acceptors (Lipinski definition) is 3. The van der Waals surface area contributed by atoms with Crippen molar-refractivity contribution in [2.75, 3.05) is 67.6 Å². The van der Waals surface area contributed by atoms with Crippen LogP contribution in [0.5, 0.6) is 0 Å². The zero-order valence-electron chi connectivity index (χ0n) is 13.1. The van der Waals surface area contributed by atoms with Gasteiger partial charge < -0.3 is 18.4 Å². The van der Waals surface area contributed by atoms with Crippen LogP contribution in [0.2, 0.25) is 0 Å². The molecule has 0 bridgehead atoms. The Morgan fingerprint density at radius 1 is 1.32 bits per heavy atom. The molecule has 0 saturated carbocycles. The molecule has 1 aliphatic heterocycles. The third-order valence-corrected chi connectivity index (χ3v) is 4.03. The van der Waals surface area contributed by atoms with Gasteiger partial charge in [0.25, 0.3) is 0 Å². The lowest BCUT2D eigenvalue weighted by molar-refractivity contribution is -0.938. The fraction of sp³-hybridized carbons (Fsp3) is 0.929. The molecule has 1 atom stereocenters. The summed E-state index contributed by atoms with van der Waals surface area (Å²) < 4.78 is 12.5. The maximum Gasteiger partial charge on any atom is 0.311 e. The van der Waals surface area contributed by atoms with Crippen LogP contribution < -0.4 is 0 Å². The smallest absolute Gasteiger partial charge is 0.311 e. The van der Waals surface area contributed by atoms with Gasteiger partial charge >= 0.3 is 5.97 Å².